The largest absolute Gasteiger partial charge is 0.398 e. The summed E-state index contributed by atoms with van der Waals surface area (Å²) >= 11 is 1.50. The second kappa shape index (κ2) is 16.5. The number of pyridine rings is 1. The number of carbonyl (C=O) groups is 2. The second-order valence-electron chi connectivity index (χ2n) is 12.7. The number of nitrogen functional groups attached to an aromatic ring is 1. The van der Waals surface area contributed by atoms with E-state index in [4.69, 9.17) is 5.73 Å². The third-order valence-corrected chi connectivity index (χ3v) is 9.30. The van der Waals surface area contributed by atoms with Crippen molar-refractivity contribution in [2.75, 3.05) is 19.3 Å². The van der Waals surface area contributed by atoms with Crippen LogP contribution in [0.4, 0.5) is 5.69 Å². The van der Waals surface area contributed by atoms with Crippen molar-refractivity contribution in [1.82, 2.24) is 25.5 Å². The lowest BCUT2D eigenvalue weighted by Crippen LogP contribution is -2.48. The lowest BCUT2D eigenvalue weighted by Gasteiger charge is -2.25. The van der Waals surface area contributed by atoms with Crippen LogP contribution in [0, 0.1) is 6.92 Å². The van der Waals surface area contributed by atoms with E-state index in [-0.39, 0.29) is 18.0 Å². The predicted molar refractivity (Wildman–Crippen MR) is 196 cm³/mol. The van der Waals surface area contributed by atoms with Gasteiger partial charge in [0, 0.05) is 66.0 Å². The molecule has 2 amide bonds. The summed E-state index contributed by atoms with van der Waals surface area (Å²) in [5.41, 5.74) is 12.9. The predicted octanol–water partition coefficient (Wildman–Crippen LogP) is 5.98. The Morgan fingerprint density at radius 1 is 0.959 bits per heavy atom. The second-order valence-corrected chi connectivity index (χ2v) is 13.6. The van der Waals surface area contributed by atoms with Gasteiger partial charge in [-0.2, -0.15) is 0 Å². The summed E-state index contributed by atoms with van der Waals surface area (Å²) in [6.07, 6.45) is 3.18. The van der Waals surface area contributed by atoms with Crippen LogP contribution in [0.1, 0.15) is 67.9 Å². The van der Waals surface area contributed by atoms with Gasteiger partial charge in [-0.1, -0.05) is 68.4 Å². The third kappa shape index (κ3) is 9.60. The first-order chi connectivity index (χ1) is 23.6. The Labute approximate surface area is 292 Å². The number of thiazole rings is 1. The number of hydrogen-bond acceptors (Lipinski definition) is 8. The van der Waals surface area contributed by atoms with Gasteiger partial charge in [-0.15, -0.1) is 11.3 Å². The molecule has 0 spiro atoms. The fourth-order valence-electron chi connectivity index (χ4n) is 5.60. The molecule has 0 saturated carbocycles. The summed E-state index contributed by atoms with van der Waals surface area (Å²) in [6.45, 7) is 7.28. The average Bonchev–Trinajstić information content (AvgIpc) is 3.51. The maximum Gasteiger partial charge on any atom is 0.254 e. The molecular formula is C39H44N6O3S. The molecular weight excluding hydrogens is 633 g/mol. The Balaban J connectivity index is 1.39. The number of amides is 2. The monoisotopic (exact) mass is 676 g/mol. The molecule has 254 valence electrons. The molecule has 0 bridgehead atoms. The number of aliphatic hydroxyl groups excluding tert-OH is 1. The highest BCUT2D eigenvalue weighted by molar-refractivity contribution is 7.09. The van der Waals surface area contributed by atoms with E-state index >= 15 is 0 Å². The Morgan fingerprint density at radius 3 is 2.41 bits per heavy atom. The van der Waals surface area contributed by atoms with Crippen LogP contribution in [0.25, 0.3) is 11.1 Å². The van der Waals surface area contributed by atoms with Gasteiger partial charge >= 0.3 is 0 Å². The molecule has 49 heavy (non-hydrogen) atoms. The molecule has 10 heteroatoms. The first-order valence-electron chi connectivity index (χ1n) is 16.4. The summed E-state index contributed by atoms with van der Waals surface area (Å²) in [6, 6.07) is 23.7. The number of aromatic nitrogens is 2. The number of hydrogen-bond donors (Lipinski definition) is 4. The molecule has 3 aromatic carbocycles. The molecule has 0 aliphatic heterocycles. The molecule has 0 fully saturated rings. The molecule has 2 atom stereocenters. The Bertz CT molecular complexity index is 1880. The summed E-state index contributed by atoms with van der Waals surface area (Å²) < 4.78 is 0. The third-order valence-electron chi connectivity index (χ3n) is 8.34. The van der Waals surface area contributed by atoms with Gasteiger partial charge in [0.05, 0.1) is 18.7 Å². The fraction of sp³-hybridized carbons (Fsp3) is 0.282. The minimum atomic E-state index is -0.910. The van der Waals surface area contributed by atoms with Gasteiger partial charge in [-0.3, -0.25) is 14.6 Å². The van der Waals surface area contributed by atoms with Crippen molar-refractivity contribution in [3.05, 3.63) is 135 Å². The van der Waals surface area contributed by atoms with Gasteiger partial charge < -0.3 is 26.4 Å². The SMILES string of the molecule is Cc1csc(CN(C)C(=O)c2cc(C(=O)N[C@@H](Cc3ccccc3)[C@H](O)CNCc3cncc(C(C)C)c3)cc(-c3ccccc3N)c2)n1. The number of nitrogens with zero attached hydrogens (tertiary/aromatic N) is 3. The van der Waals surface area contributed by atoms with Gasteiger partial charge in [0.25, 0.3) is 11.8 Å². The van der Waals surface area contributed by atoms with Crippen molar-refractivity contribution in [3.63, 3.8) is 0 Å². The van der Waals surface area contributed by atoms with Crippen molar-refractivity contribution in [3.8, 4) is 11.1 Å². The zero-order valence-corrected chi connectivity index (χ0v) is 29.2. The number of carbonyl (C=O) groups excluding carboxylic acids is 2. The van der Waals surface area contributed by atoms with Crippen molar-refractivity contribution in [2.45, 2.75) is 58.3 Å². The maximum atomic E-state index is 14.0. The molecule has 0 radical (unpaired) electrons. The Morgan fingerprint density at radius 2 is 1.69 bits per heavy atom. The smallest absolute Gasteiger partial charge is 0.254 e. The van der Waals surface area contributed by atoms with E-state index in [1.807, 2.05) is 73.2 Å². The van der Waals surface area contributed by atoms with Crippen LogP contribution in [0.5, 0.6) is 0 Å². The van der Waals surface area contributed by atoms with E-state index in [1.54, 1.807) is 36.2 Å². The number of rotatable bonds is 14. The van der Waals surface area contributed by atoms with Gasteiger partial charge in [0.2, 0.25) is 0 Å². The van der Waals surface area contributed by atoms with Crippen LogP contribution in [-0.2, 0) is 19.5 Å². The highest BCUT2D eigenvalue weighted by Gasteiger charge is 2.24. The molecule has 5 aromatic rings. The quantitative estimate of drug-likeness (QED) is 0.106. The van der Waals surface area contributed by atoms with E-state index in [0.717, 1.165) is 27.4 Å². The van der Waals surface area contributed by atoms with Crippen LogP contribution >= 0.6 is 11.3 Å². The maximum absolute atomic E-state index is 14.0. The van der Waals surface area contributed by atoms with Gasteiger partial charge in [-0.25, -0.2) is 4.98 Å². The first-order valence-corrected chi connectivity index (χ1v) is 17.3. The van der Waals surface area contributed by atoms with Gasteiger partial charge in [0.1, 0.15) is 5.01 Å². The number of anilines is 1. The summed E-state index contributed by atoms with van der Waals surface area (Å²) in [7, 11) is 1.72. The first kappa shape index (κ1) is 35.4. The van der Waals surface area contributed by atoms with Crippen LogP contribution < -0.4 is 16.4 Å². The minimum Gasteiger partial charge on any atom is -0.398 e. The zero-order valence-electron chi connectivity index (χ0n) is 28.4. The molecule has 0 aliphatic rings. The lowest BCUT2D eigenvalue weighted by molar-refractivity contribution is 0.0784. The van der Waals surface area contributed by atoms with E-state index in [1.165, 1.54) is 11.3 Å². The standard InChI is InChI=1S/C39H44N6O3S/c1-25(2)32-14-28(19-41-21-32)20-42-22-36(46)35(15-27-10-6-5-7-11-27)44-38(47)30-16-29(33-12-8-9-13-34(33)40)17-31(18-30)39(48)45(4)23-37-43-26(3)24-49-37/h5-14,16-19,21,24-25,35-36,42,46H,15,20,22-23,40H2,1-4H3,(H,44,47)/t35-,36+/m0/s1. The summed E-state index contributed by atoms with van der Waals surface area (Å²) in [5, 5.41) is 20.6. The molecule has 2 heterocycles. The minimum absolute atomic E-state index is 0.245. The number of benzene rings is 3. The normalized spacial score (nSPS) is 12.4. The summed E-state index contributed by atoms with van der Waals surface area (Å²) in [5.74, 6) is -0.296. The van der Waals surface area contributed by atoms with Crippen molar-refractivity contribution in [2.24, 2.45) is 0 Å². The number of nitrogens with two attached hydrogens (primary N) is 1. The van der Waals surface area contributed by atoms with Crippen LogP contribution in [-0.4, -0.2) is 57.5 Å². The number of nitrogens with one attached hydrogen (secondary N) is 2. The van der Waals surface area contributed by atoms with Crippen molar-refractivity contribution < 1.29 is 14.7 Å². The average molecular weight is 677 g/mol. The van der Waals surface area contributed by atoms with E-state index in [9.17, 15) is 14.7 Å². The van der Waals surface area contributed by atoms with E-state index < -0.39 is 18.1 Å². The molecule has 0 aliphatic carbocycles. The highest BCUT2D eigenvalue weighted by Crippen LogP contribution is 2.28. The van der Waals surface area contributed by atoms with Crippen LogP contribution in [0.3, 0.4) is 0 Å². The molecule has 2 aromatic heterocycles. The Hall–Kier alpha value is -4.90. The number of para-hydroxylation sites is 1. The zero-order chi connectivity index (χ0) is 34.9. The number of aryl methyl sites for hydroxylation is 1. The fourth-order valence-corrected chi connectivity index (χ4v) is 6.42. The highest BCUT2D eigenvalue weighted by atomic mass is 32.1. The topological polar surface area (TPSA) is 133 Å². The van der Waals surface area contributed by atoms with Crippen molar-refractivity contribution >= 4 is 28.8 Å². The Kier molecular flexibility index (Phi) is 11.9. The van der Waals surface area contributed by atoms with Crippen LogP contribution in [0.2, 0.25) is 0 Å². The number of aliphatic hydroxyl groups is 1. The molecule has 5 rings (SSSR count). The van der Waals surface area contributed by atoms with Gasteiger partial charge in [0.15, 0.2) is 0 Å². The summed E-state index contributed by atoms with van der Waals surface area (Å²) in [4.78, 5) is 38.2. The lowest BCUT2D eigenvalue weighted by atomic mass is 9.96. The van der Waals surface area contributed by atoms with Crippen molar-refractivity contribution in [1.29, 1.82) is 0 Å². The molecule has 0 saturated heterocycles. The molecule has 0 unspecified atom stereocenters. The molecule has 9 nitrogen and oxygen atoms in total. The van der Waals surface area contributed by atoms with E-state index in [2.05, 4.69) is 40.5 Å². The van der Waals surface area contributed by atoms with E-state index in [0.29, 0.717) is 47.8 Å². The van der Waals surface area contributed by atoms with Crippen LogP contribution in [0.15, 0.2) is 96.6 Å². The van der Waals surface area contributed by atoms with Gasteiger partial charge in [-0.05, 0) is 65.8 Å². The molecule has 5 N–H and O–H groups in total.